The predicted octanol–water partition coefficient (Wildman–Crippen LogP) is 2.84. The van der Waals surface area contributed by atoms with Gasteiger partial charge >= 0.3 is 0 Å². The van der Waals surface area contributed by atoms with Crippen LogP contribution < -0.4 is 5.32 Å². The molecule has 0 radical (unpaired) electrons. The summed E-state index contributed by atoms with van der Waals surface area (Å²) in [5.74, 6) is 0.562. The molecule has 2 heteroatoms. The molecule has 1 unspecified atom stereocenters. The van der Waals surface area contributed by atoms with Gasteiger partial charge in [0.2, 0.25) is 0 Å². The summed E-state index contributed by atoms with van der Waals surface area (Å²) in [7, 11) is 1.75. The average molecular weight is 235 g/mol. The molecule has 17 heavy (non-hydrogen) atoms. The molecule has 0 saturated carbocycles. The first-order valence-electron chi connectivity index (χ1n) is 6.31. The maximum absolute atomic E-state index is 5.13. The number of ether oxygens (including phenoxy) is 1. The second kappa shape index (κ2) is 6.77. The zero-order valence-electron chi connectivity index (χ0n) is 11.5. The summed E-state index contributed by atoms with van der Waals surface area (Å²) in [5.41, 5.74) is 1.56. The topological polar surface area (TPSA) is 21.3 Å². The number of benzene rings is 1. The van der Waals surface area contributed by atoms with Crippen LogP contribution in [0.2, 0.25) is 0 Å². The summed E-state index contributed by atoms with van der Waals surface area (Å²) in [6.45, 7) is 9.56. The molecule has 0 heterocycles. The summed E-state index contributed by atoms with van der Waals surface area (Å²) in [5, 5.41) is 3.53. The van der Waals surface area contributed by atoms with E-state index in [4.69, 9.17) is 4.74 Å². The lowest BCUT2D eigenvalue weighted by atomic mass is 9.84. The molecule has 1 aromatic carbocycles. The Labute approximate surface area is 105 Å². The molecule has 0 fully saturated rings. The highest BCUT2D eigenvalue weighted by atomic mass is 16.5. The normalized spacial score (nSPS) is 13.6. The molecule has 2 nitrogen and oxygen atoms in total. The van der Waals surface area contributed by atoms with Crippen LogP contribution in [0.15, 0.2) is 30.3 Å². The van der Waals surface area contributed by atoms with E-state index in [-0.39, 0.29) is 5.41 Å². The molecule has 0 spiro atoms. The van der Waals surface area contributed by atoms with Crippen molar-refractivity contribution in [2.45, 2.75) is 26.2 Å². The number of nitrogens with one attached hydrogen (secondary N) is 1. The molecular weight excluding hydrogens is 210 g/mol. The van der Waals surface area contributed by atoms with Crippen LogP contribution >= 0.6 is 0 Å². The molecule has 0 aliphatic heterocycles. The van der Waals surface area contributed by atoms with Crippen LogP contribution in [-0.4, -0.2) is 26.8 Å². The standard InChI is InChI=1S/C15H25NO/c1-13(11-17-4)10-16-12-15(2,3)14-8-6-5-7-9-14/h5-9,13,16H,10-12H2,1-4H3. The van der Waals surface area contributed by atoms with E-state index in [2.05, 4.69) is 56.4 Å². The third-order valence-electron chi connectivity index (χ3n) is 3.07. The highest BCUT2D eigenvalue weighted by Gasteiger charge is 2.19. The van der Waals surface area contributed by atoms with Gasteiger partial charge in [-0.3, -0.25) is 0 Å². The van der Waals surface area contributed by atoms with Gasteiger partial charge in [0.1, 0.15) is 0 Å². The lowest BCUT2D eigenvalue weighted by Crippen LogP contribution is -2.35. The Bertz CT molecular complexity index is 308. The average Bonchev–Trinajstić information content (AvgIpc) is 2.30. The second-order valence-corrected chi connectivity index (χ2v) is 5.44. The third-order valence-corrected chi connectivity index (χ3v) is 3.07. The fourth-order valence-corrected chi connectivity index (χ4v) is 1.97. The molecule has 0 aliphatic carbocycles. The minimum Gasteiger partial charge on any atom is -0.384 e. The van der Waals surface area contributed by atoms with Gasteiger partial charge in [0.25, 0.3) is 0 Å². The van der Waals surface area contributed by atoms with Crippen molar-refractivity contribution < 1.29 is 4.74 Å². The first-order valence-corrected chi connectivity index (χ1v) is 6.31. The fourth-order valence-electron chi connectivity index (χ4n) is 1.97. The molecule has 0 amide bonds. The SMILES string of the molecule is COCC(C)CNCC(C)(C)c1ccccc1. The van der Waals surface area contributed by atoms with Gasteiger partial charge in [-0.05, 0) is 18.0 Å². The lowest BCUT2D eigenvalue weighted by Gasteiger charge is -2.26. The maximum Gasteiger partial charge on any atom is 0.0499 e. The van der Waals surface area contributed by atoms with Crippen molar-refractivity contribution in [3.05, 3.63) is 35.9 Å². The number of methoxy groups -OCH3 is 1. The molecule has 0 saturated heterocycles. The number of hydrogen-bond acceptors (Lipinski definition) is 2. The quantitative estimate of drug-likeness (QED) is 0.784. The largest absolute Gasteiger partial charge is 0.384 e. The minimum absolute atomic E-state index is 0.175. The third kappa shape index (κ3) is 4.88. The van der Waals surface area contributed by atoms with Crippen molar-refractivity contribution in [3.63, 3.8) is 0 Å². The van der Waals surface area contributed by atoms with Crippen LogP contribution in [0.1, 0.15) is 26.3 Å². The van der Waals surface area contributed by atoms with E-state index in [1.807, 2.05) is 0 Å². The lowest BCUT2D eigenvalue weighted by molar-refractivity contribution is 0.157. The zero-order valence-corrected chi connectivity index (χ0v) is 11.5. The minimum atomic E-state index is 0.175. The summed E-state index contributed by atoms with van der Waals surface area (Å²) in [4.78, 5) is 0. The Balaban J connectivity index is 2.40. The van der Waals surface area contributed by atoms with E-state index >= 15 is 0 Å². The molecule has 96 valence electrons. The highest BCUT2D eigenvalue weighted by Crippen LogP contribution is 2.21. The summed E-state index contributed by atoms with van der Waals surface area (Å²) in [6.07, 6.45) is 0. The van der Waals surface area contributed by atoms with Crippen molar-refractivity contribution in [1.29, 1.82) is 0 Å². The van der Waals surface area contributed by atoms with Crippen molar-refractivity contribution in [2.75, 3.05) is 26.8 Å². The fraction of sp³-hybridized carbons (Fsp3) is 0.600. The van der Waals surface area contributed by atoms with Gasteiger partial charge in [-0.1, -0.05) is 51.1 Å². The van der Waals surface area contributed by atoms with Gasteiger partial charge in [-0.25, -0.2) is 0 Å². The van der Waals surface area contributed by atoms with Gasteiger partial charge in [0.05, 0.1) is 0 Å². The van der Waals surface area contributed by atoms with Crippen molar-refractivity contribution >= 4 is 0 Å². The molecule has 0 bridgehead atoms. The monoisotopic (exact) mass is 235 g/mol. The second-order valence-electron chi connectivity index (χ2n) is 5.44. The van der Waals surface area contributed by atoms with Crippen molar-refractivity contribution in [2.24, 2.45) is 5.92 Å². The summed E-state index contributed by atoms with van der Waals surface area (Å²) < 4.78 is 5.13. The predicted molar refractivity (Wildman–Crippen MR) is 73.4 cm³/mol. The number of rotatable bonds is 7. The molecule has 1 rings (SSSR count). The Hall–Kier alpha value is -0.860. The first-order chi connectivity index (χ1) is 8.06. The highest BCUT2D eigenvalue weighted by molar-refractivity contribution is 5.23. The molecule has 0 aliphatic rings. The molecule has 1 N–H and O–H groups in total. The van der Waals surface area contributed by atoms with Gasteiger partial charge in [0.15, 0.2) is 0 Å². The molecule has 1 aromatic rings. The smallest absolute Gasteiger partial charge is 0.0499 e. The van der Waals surface area contributed by atoms with E-state index in [0.717, 1.165) is 19.7 Å². The Morgan fingerprint density at radius 3 is 2.47 bits per heavy atom. The first kappa shape index (κ1) is 14.2. The van der Waals surface area contributed by atoms with Gasteiger partial charge < -0.3 is 10.1 Å². The number of hydrogen-bond donors (Lipinski definition) is 1. The van der Waals surface area contributed by atoms with E-state index in [9.17, 15) is 0 Å². The molecule has 1 atom stereocenters. The Morgan fingerprint density at radius 1 is 1.24 bits per heavy atom. The van der Waals surface area contributed by atoms with Crippen LogP contribution in [0, 0.1) is 5.92 Å². The van der Waals surface area contributed by atoms with Crippen LogP contribution in [0.5, 0.6) is 0 Å². The summed E-state index contributed by atoms with van der Waals surface area (Å²) >= 11 is 0. The Kier molecular flexibility index (Phi) is 5.66. The molecular formula is C15H25NO. The van der Waals surface area contributed by atoms with Crippen LogP contribution in [0.3, 0.4) is 0 Å². The van der Waals surface area contributed by atoms with E-state index in [0.29, 0.717) is 5.92 Å². The van der Waals surface area contributed by atoms with Crippen LogP contribution in [-0.2, 0) is 10.2 Å². The van der Waals surface area contributed by atoms with Crippen LogP contribution in [0.25, 0.3) is 0 Å². The zero-order chi connectivity index (χ0) is 12.7. The summed E-state index contributed by atoms with van der Waals surface area (Å²) in [6, 6.07) is 10.7. The van der Waals surface area contributed by atoms with Gasteiger partial charge in [-0.2, -0.15) is 0 Å². The van der Waals surface area contributed by atoms with Gasteiger partial charge in [-0.15, -0.1) is 0 Å². The van der Waals surface area contributed by atoms with Crippen molar-refractivity contribution in [1.82, 2.24) is 5.32 Å². The van der Waals surface area contributed by atoms with E-state index in [1.54, 1.807) is 7.11 Å². The van der Waals surface area contributed by atoms with E-state index in [1.165, 1.54) is 5.56 Å². The van der Waals surface area contributed by atoms with E-state index < -0.39 is 0 Å². The molecule has 0 aromatic heterocycles. The Morgan fingerprint density at radius 2 is 1.88 bits per heavy atom. The van der Waals surface area contributed by atoms with Gasteiger partial charge in [0, 0.05) is 25.7 Å². The maximum atomic E-state index is 5.13. The van der Waals surface area contributed by atoms with Crippen molar-refractivity contribution in [3.8, 4) is 0 Å². The van der Waals surface area contributed by atoms with Crippen LogP contribution in [0.4, 0.5) is 0 Å².